The Morgan fingerprint density at radius 1 is 0.400 bits per heavy atom. The summed E-state index contributed by atoms with van der Waals surface area (Å²) in [6, 6.07) is 0. The van der Waals surface area contributed by atoms with Crippen molar-refractivity contribution in [3.05, 3.63) is 0 Å². The summed E-state index contributed by atoms with van der Waals surface area (Å²) in [6.45, 7) is 12.6. The maximum Gasteiger partial charge on any atom is 0.159 e. The molecule has 156 valence electrons. The van der Waals surface area contributed by atoms with Crippen LogP contribution in [-0.4, -0.2) is 72.0 Å². The van der Waals surface area contributed by atoms with Gasteiger partial charge >= 0.3 is 0 Å². The van der Waals surface area contributed by atoms with E-state index in [4.69, 9.17) is 20.4 Å². The molecule has 4 N–H and O–H groups in total. The first-order chi connectivity index (χ1) is 10.2. The number of methoxy groups -OCH3 is 4. The Balaban J connectivity index is -0.0000000702. The van der Waals surface area contributed by atoms with Gasteiger partial charge in [-0.3, -0.25) is 0 Å². The van der Waals surface area contributed by atoms with E-state index >= 15 is 0 Å². The van der Waals surface area contributed by atoms with Gasteiger partial charge in [0.15, 0.2) is 23.1 Å². The fourth-order valence-corrected chi connectivity index (χ4v) is 0. The smallest absolute Gasteiger partial charge is 0.159 e. The Labute approximate surface area is 168 Å². The maximum atomic E-state index is 8.60. The van der Waals surface area contributed by atoms with Crippen molar-refractivity contribution in [1.82, 2.24) is 0 Å². The van der Waals surface area contributed by atoms with E-state index in [0.29, 0.717) is 0 Å². The second-order valence-corrected chi connectivity index (χ2v) is 6.60. The van der Waals surface area contributed by atoms with Crippen molar-refractivity contribution < 1.29 is 61.1 Å². The van der Waals surface area contributed by atoms with Crippen molar-refractivity contribution in [1.29, 1.82) is 0 Å². The van der Waals surface area contributed by atoms with Crippen molar-refractivity contribution in [3.63, 3.8) is 0 Å². The Kier molecular flexibility index (Phi) is 24.1. The van der Waals surface area contributed by atoms with E-state index < -0.39 is 23.1 Å². The van der Waals surface area contributed by atoms with Gasteiger partial charge < -0.3 is 39.4 Å². The summed E-state index contributed by atoms with van der Waals surface area (Å²) in [6.07, 6.45) is 0. The van der Waals surface area contributed by atoms with Crippen LogP contribution < -0.4 is 0 Å². The van der Waals surface area contributed by atoms with Crippen LogP contribution in [0.4, 0.5) is 0 Å². The zero-order valence-electron chi connectivity index (χ0n) is 17.9. The molecule has 0 atom stereocenters. The minimum absolute atomic E-state index is 0. The minimum atomic E-state index is -0.958. The van der Waals surface area contributed by atoms with E-state index in [1.54, 1.807) is 55.4 Å². The van der Waals surface area contributed by atoms with Crippen LogP contribution >= 0.6 is 0 Å². The van der Waals surface area contributed by atoms with Gasteiger partial charge in [0.1, 0.15) is 0 Å². The predicted molar refractivity (Wildman–Crippen MR) is 93.2 cm³/mol. The first-order valence-electron chi connectivity index (χ1n) is 7.34. The van der Waals surface area contributed by atoms with E-state index in [-0.39, 0.29) is 21.7 Å². The van der Waals surface area contributed by atoms with Crippen molar-refractivity contribution in [2.24, 2.45) is 0 Å². The van der Waals surface area contributed by atoms with Gasteiger partial charge in [-0.2, -0.15) is 0 Å². The minimum Gasteiger partial charge on any atom is -0.366 e. The molecule has 0 heterocycles. The van der Waals surface area contributed by atoms with E-state index in [0.717, 1.165) is 0 Å². The normalized spacial score (nSPS) is 11.5. The summed E-state index contributed by atoms with van der Waals surface area (Å²) in [5.74, 6) is -3.83. The predicted octanol–water partition coefficient (Wildman–Crippen LogP) is 1.44. The van der Waals surface area contributed by atoms with Crippen LogP contribution in [0.2, 0.25) is 0 Å². The number of aliphatic hydroxyl groups is 4. The Bertz CT molecular complexity index is 203. The zero-order valence-corrected chi connectivity index (χ0v) is 19.5. The average Bonchev–Trinajstić information content (AvgIpc) is 2.37. The van der Waals surface area contributed by atoms with Crippen LogP contribution in [0.1, 0.15) is 55.4 Å². The zero-order chi connectivity index (χ0) is 20.8. The largest absolute Gasteiger partial charge is 0.366 e. The van der Waals surface area contributed by atoms with E-state index in [1.807, 2.05) is 0 Å². The van der Waals surface area contributed by atoms with Crippen LogP contribution in [0.3, 0.4) is 0 Å². The second kappa shape index (κ2) is 16.6. The molecule has 0 aliphatic rings. The molecule has 0 saturated heterocycles. The Morgan fingerprint density at radius 2 is 0.440 bits per heavy atom. The molecule has 0 fully saturated rings. The average molecular weight is 408 g/mol. The van der Waals surface area contributed by atoms with E-state index in [2.05, 4.69) is 18.9 Å². The second-order valence-electron chi connectivity index (χ2n) is 6.60. The first-order valence-corrected chi connectivity index (χ1v) is 7.34. The molecular weight excluding hydrogens is 368 g/mol. The quantitative estimate of drug-likeness (QED) is 0.408. The van der Waals surface area contributed by atoms with E-state index in [1.165, 1.54) is 28.4 Å². The summed E-state index contributed by atoms with van der Waals surface area (Å²) in [5.41, 5.74) is 0. The SMILES string of the molecule is COC(C)(C)O.COC(C)(C)O.COC(C)(C)O.COC(C)(C)O.[Ti]. The van der Waals surface area contributed by atoms with Crippen molar-refractivity contribution in [2.75, 3.05) is 28.4 Å². The number of hydrogen-bond donors (Lipinski definition) is 4. The fraction of sp³-hybridized carbons (Fsp3) is 1.00. The van der Waals surface area contributed by atoms with Gasteiger partial charge in [-0.25, -0.2) is 0 Å². The molecule has 8 nitrogen and oxygen atoms in total. The molecule has 0 rings (SSSR count). The van der Waals surface area contributed by atoms with Crippen LogP contribution in [0.15, 0.2) is 0 Å². The van der Waals surface area contributed by atoms with Gasteiger partial charge in [0.25, 0.3) is 0 Å². The maximum absolute atomic E-state index is 8.60. The van der Waals surface area contributed by atoms with Crippen molar-refractivity contribution >= 4 is 0 Å². The molecule has 0 unspecified atom stereocenters. The van der Waals surface area contributed by atoms with Gasteiger partial charge in [-0.05, 0) is 55.4 Å². The van der Waals surface area contributed by atoms with Crippen LogP contribution in [0, 0.1) is 0 Å². The molecule has 0 amide bonds. The third-order valence-corrected chi connectivity index (χ3v) is 2.00. The summed E-state index contributed by atoms with van der Waals surface area (Å²) >= 11 is 0. The van der Waals surface area contributed by atoms with Gasteiger partial charge in [0, 0.05) is 50.2 Å². The molecule has 0 bridgehead atoms. The fourth-order valence-electron chi connectivity index (χ4n) is 0. The summed E-state index contributed by atoms with van der Waals surface area (Å²) < 4.78 is 18.0. The topological polar surface area (TPSA) is 118 Å². The van der Waals surface area contributed by atoms with Gasteiger partial charge in [0.05, 0.1) is 0 Å². The summed E-state index contributed by atoms with van der Waals surface area (Å²) in [4.78, 5) is 0. The Hall–Kier alpha value is 0.394. The van der Waals surface area contributed by atoms with Gasteiger partial charge in [-0.15, -0.1) is 0 Å². The summed E-state index contributed by atoms with van der Waals surface area (Å²) in [7, 11) is 5.83. The molecule has 25 heavy (non-hydrogen) atoms. The van der Waals surface area contributed by atoms with Gasteiger partial charge in [-0.1, -0.05) is 0 Å². The first kappa shape index (κ1) is 36.3. The molecule has 0 aromatic rings. The number of rotatable bonds is 4. The standard InChI is InChI=1S/4C4H10O2.Ti/c4*1-4(2,5)6-3;/h4*5H,1-3H3;. The molecule has 0 aromatic carbocycles. The molecule has 0 saturated carbocycles. The van der Waals surface area contributed by atoms with Crippen LogP contribution in [0.25, 0.3) is 0 Å². The van der Waals surface area contributed by atoms with Gasteiger partial charge in [0.2, 0.25) is 0 Å². The molecular formula is C16H40O8Ti. The molecule has 0 aliphatic heterocycles. The van der Waals surface area contributed by atoms with E-state index in [9.17, 15) is 0 Å². The third kappa shape index (κ3) is 79.6. The molecule has 0 aliphatic carbocycles. The molecule has 0 aromatic heterocycles. The summed E-state index contributed by atoms with van der Waals surface area (Å²) in [5, 5.41) is 34.4. The molecule has 9 heteroatoms. The number of hydrogen-bond acceptors (Lipinski definition) is 8. The Morgan fingerprint density at radius 3 is 0.440 bits per heavy atom. The van der Waals surface area contributed by atoms with Crippen molar-refractivity contribution in [3.8, 4) is 0 Å². The number of ether oxygens (including phenoxy) is 4. The van der Waals surface area contributed by atoms with Crippen LogP contribution in [-0.2, 0) is 40.7 Å². The van der Waals surface area contributed by atoms with Crippen LogP contribution in [0.5, 0.6) is 0 Å². The molecule has 0 radical (unpaired) electrons. The monoisotopic (exact) mass is 408 g/mol. The molecule has 0 spiro atoms. The van der Waals surface area contributed by atoms with Crippen molar-refractivity contribution in [2.45, 2.75) is 78.5 Å². The third-order valence-electron chi connectivity index (χ3n) is 2.00.